The molecule has 0 unspecified atom stereocenters. The minimum atomic E-state index is -3.92. The van der Waals surface area contributed by atoms with Crippen molar-refractivity contribution in [3.8, 4) is 0 Å². The quantitative estimate of drug-likeness (QED) is 0.542. The van der Waals surface area contributed by atoms with Crippen LogP contribution in [0.5, 0.6) is 0 Å². The Kier molecular flexibility index (Phi) is 6.27. The van der Waals surface area contributed by atoms with Crippen LogP contribution in [-0.4, -0.2) is 32.7 Å². The van der Waals surface area contributed by atoms with Crippen LogP contribution in [0.3, 0.4) is 0 Å². The summed E-state index contributed by atoms with van der Waals surface area (Å²) in [6.07, 6.45) is 0.360. The van der Waals surface area contributed by atoms with Crippen LogP contribution in [0.15, 0.2) is 88.9 Å². The highest BCUT2D eigenvalue weighted by atomic mass is 32.2. The number of hydrazone groups is 1. The van der Waals surface area contributed by atoms with Crippen molar-refractivity contribution in [3.05, 3.63) is 95.6 Å². The molecular weight excluding hydrogens is 458 g/mol. The zero-order valence-electron chi connectivity index (χ0n) is 18.3. The number of sulfonamides is 2. The second kappa shape index (κ2) is 8.99. The molecule has 0 fully saturated rings. The molecule has 3 aromatic carbocycles. The number of nitrogens with zero attached hydrogens (tertiary/aromatic N) is 2. The molecule has 1 atom stereocenters. The maximum absolute atomic E-state index is 13.6. The predicted molar refractivity (Wildman–Crippen MR) is 130 cm³/mol. The second-order valence-electron chi connectivity index (χ2n) is 7.81. The summed E-state index contributed by atoms with van der Waals surface area (Å²) < 4.78 is 55.0. The van der Waals surface area contributed by atoms with Crippen LogP contribution in [0.25, 0.3) is 0 Å². The number of hydrogen-bond donors (Lipinski definition) is 1. The maximum Gasteiger partial charge on any atom is 0.279 e. The molecule has 3 aromatic rings. The number of benzene rings is 3. The Hall–Kier alpha value is -3.17. The first-order valence-electron chi connectivity index (χ1n) is 10.5. The van der Waals surface area contributed by atoms with Gasteiger partial charge in [0, 0.05) is 12.1 Å². The SMILES string of the molecule is CCS(=O)(=O)Nc1cccc(C2=NN(S(=O)(=O)c3ccccc3C)[C@@H](c3ccccc3)C2)c1. The highest BCUT2D eigenvalue weighted by molar-refractivity contribution is 7.92. The average molecular weight is 484 g/mol. The van der Waals surface area contributed by atoms with Crippen molar-refractivity contribution in [3.63, 3.8) is 0 Å². The fourth-order valence-electron chi connectivity index (χ4n) is 3.77. The van der Waals surface area contributed by atoms with Gasteiger partial charge >= 0.3 is 0 Å². The van der Waals surface area contributed by atoms with E-state index in [-0.39, 0.29) is 10.6 Å². The molecule has 0 spiro atoms. The molecule has 1 aliphatic heterocycles. The van der Waals surface area contributed by atoms with Crippen LogP contribution >= 0.6 is 0 Å². The smallest absolute Gasteiger partial charge is 0.279 e. The molecule has 0 saturated carbocycles. The first kappa shape index (κ1) is 23.0. The van der Waals surface area contributed by atoms with E-state index in [1.165, 1.54) is 4.41 Å². The molecule has 1 aliphatic rings. The molecule has 0 aliphatic carbocycles. The van der Waals surface area contributed by atoms with E-state index in [0.29, 0.717) is 28.9 Å². The molecule has 0 saturated heterocycles. The third-order valence-corrected chi connectivity index (χ3v) is 8.67. The molecule has 7 nitrogen and oxygen atoms in total. The third kappa shape index (κ3) is 4.79. The first-order valence-corrected chi connectivity index (χ1v) is 13.6. The summed E-state index contributed by atoms with van der Waals surface area (Å²) in [4.78, 5) is 0.209. The zero-order valence-corrected chi connectivity index (χ0v) is 20.0. The Morgan fingerprint density at radius 1 is 0.939 bits per heavy atom. The van der Waals surface area contributed by atoms with Crippen LogP contribution in [-0.2, 0) is 20.0 Å². The molecule has 0 radical (unpaired) electrons. The maximum atomic E-state index is 13.6. The molecule has 0 aromatic heterocycles. The van der Waals surface area contributed by atoms with E-state index in [0.717, 1.165) is 5.56 Å². The summed E-state index contributed by atoms with van der Waals surface area (Å²) in [5.41, 5.74) is 3.11. The van der Waals surface area contributed by atoms with E-state index in [2.05, 4.69) is 9.82 Å². The Morgan fingerprint density at radius 3 is 2.33 bits per heavy atom. The number of aryl methyl sites for hydroxylation is 1. The molecule has 1 heterocycles. The Balaban J connectivity index is 1.78. The number of nitrogens with one attached hydrogen (secondary N) is 1. The molecular formula is C24H25N3O4S2. The van der Waals surface area contributed by atoms with E-state index in [1.54, 1.807) is 62.4 Å². The van der Waals surface area contributed by atoms with Gasteiger partial charge in [-0.2, -0.15) is 17.9 Å². The van der Waals surface area contributed by atoms with Gasteiger partial charge in [-0.3, -0.25) is 4.72 Å². The van der Waals surface area contributed by atoms with Crippen LogP contribution in [0, 0.1) is 6.92 Å². The van der Waals surface area contributed by atoms with Gasteiger partial charge in [0.2, 0.25) is 10.0 Å². The summed E-state index contributed by atoms with van der Waals surface area (Å²) in [7, 11) is -7.35. The van der Waals surface area contributed by atoms with Gasteiger partial charge in [0.15, 0.2) is 0 Å². The van der Waals surface area contributed by atoms with Gasteiger partial charge in [-0.1, -0.05) is 60.7 Å². The Labute approximate surface area is 194 Å². The molecule has 9 heteroatoms. The van der Waals surface area contributed by atoms with Gasteiger partial charge in [0.25, 0.3) is 10.0 Å². The van der Waals surface area contributed by atoms with E-state index in [1.807, 2.05) is 30.3 Å². The van der Waals surface area contributed by atoms with Gasteiger partial charge in [-0.15, -0.1) is 0 Å². The van der Waals surface area contributed by atoms with Crippen molar-refractivity contribution < 1.29 is 16.8 Å². The lowest BCUT2D eigenvalue weighted by atomic mass is 9.99. The topological polar surface area (TPSA) is 95.9 Å². The number of rotatable bonds is 7. The van der Waals surface area contributed by atoms with Crippen molar-refractivity contribution in [2.45, 2.75) is 31.2 Å². The summed E-state index contributed by atoms with van der Waals surface area (Å²) in [5, 5.41) is 4.55. The van der Waals surface area contributed by atoms with E-state index < -0.39 is 26.1 Å². The lowest BCUT2D eigenvalue weighted by Crippen LogP contribution is -2.27. The average Bonchev–Trinajstić information content (AvgIpc) is 3.26. The van der Waals surface area contributed by atoms with Crippen molar-refractivity contribution in [2.75, 3.05) is 10.5 Å². The van der Waals surface area contributed by atoms with Crippen molar-refractivity contribution >= 4 is 31.4 Å². The molecule has 172 valence electrons. The second-order valence-corrected chi connectivity index (χ2v) is 11.6. The van der Waals surface area contributed by atoms with Gasteiger partial charge in [-0.05, 0) is 48.7 Å². The van der Waals surface area contributed by atoms with Crippen LogP contribution in [0.2, 0.25) is 0 Å². The monoisotopic (exact) mass is 483 g/mol. The summed E-state index contributed by atoms with van der Waals surface area (Å²) in [6.45, 7) is 3.32. The largest absolute Gasteiger partial charge is 0.284 e. The van der Waals surface area contributed by atoms with Crippen molar-refractivity contribution in [2.24, 2.45) is 5.10 Å². The lowest BCUT2D eigenvalue weighted by Gasteiger charge is -2.24. The number of hydrogen-bond acceptors (Lipinski definition) is 5. The standard InChI is InChI=1S/C24H25N3O4S2/c1-3-32(28,29)26-21-14-9-13-20(16-21)22-17-23(19-11-5-4-6-12-19)27(25-22)33(30,31)24-15-8-7-10-18(24)2/h4-16,23,26H,3,17H2,1-2H3/t23-/m1/s1. The Bertz CT molecular complexity index is 1400. The highest BCUT2D eigenvalue weighted by Crippen LogP contribution is 2.38. The number of anilines is 1. The minimum Gasteiger partial charge on any atom is -0.284 e. The molecule has 1 N–H and O–H groups in total. The van der Waals surface area contributed by atoms with E-state index >= 15 is 0 Å². The minimum absolute atomic E-state index is 0.0449. The summed E-state index contributed by atoms with van der Waals surface area (Å²) in [6, 6.07) is 22.6. The third-order valence-electron chi connectivity index (χ3n) is 5.52. The van der Waals surface area contributed by atoms with Gasteiger partial charge in [-0.25, -0.2) is 8.42 Å². The van der Waals surface area contributed by atoms with Crippen molar-refractivity contribution in [1.82, 2.24) is 4.41 Å². The first-order chi connectivity index (χ1) is 15.7. The molecule has 4 rings (SSSR count). The fraction of sp³-hybridized carbons (Fsp3) is 0.208. The normalized spacial score (nSPS) is 16.5. The van der Waals surface area contributed by atoms with E-state index in [9.17, 15) is 16.8 Å². The van der Waals surface area contributed by atoms with Crippen LogP contribution in [0.1, 0.15) is 36.1 Å². The van der Waals surface area contributed by atoms with Gasteiger partial charge in [0.1, 0.15) is 0 Å². The van der Waals surface area contributed by atoms with Crippen molar-refractivity contribution in [1.29, 1.82) is 0 Å². The summed E-state index contributed by atoms with van der Waals surface area (Å²) in [5.74, 6) is -0.0449. The Morgan fingerprint density at radius 2 is 1.64 bits per heavy atom. The lowest BCUT2D eigenvalue weighted by molar-refractivity contribution is 0.371. The molecule has 33 heavy (non-hydrogen) atoms. The fourth-order valence-corrected chi connectivity index (χ4v) is 6.06. The predicted octanol–water partition coefficient (Wildman–Crippen LogP) is 4.30. The molecule has 0 amide bonds. The van der Waals surface area contributed by atoms with Gasteiger partial charge in [0.05, 0.1) is 22.4 Å². The van der Waals surface area contributed by atoms with Crippen LogP contribution < -0.4 is 4.72 Å². The van der Waals surface area contributed by atoms with Gasteiger partial charge < -0.3 is 0 Å². The van der Waals surface area contributed by atoms with Crippen LogP contribution in [0.4, 0.5) is 5.69 Å². The molecule has 0 bridgehead atoms. The highest BCUT2D eigenvalue weighted by Gasteiger charge is 2.38. The van der Waals surface area contributed by atoms with E-state index in [4.69, 9.17) is 0 Å². The summed E-state index contributed by atoms with van der Waals surface area (Å²) >= 11 is 0. The zero-order chi connectivity index (χ0) is 23.6.